The molecule has 0 radical (unpaired) electrons. The van der Waals surface area contributed by atoms with E-state index in [1.807, 2.05) is 18.3 Å². The van der Waals surface area contributed by atoms with Crippen LogP contribution in [-0.2, 0) is 17.3 Å². The maximum absolute atomic E-state index is 12.8. The van der Waals surface area contributed by atoms with E-state index in [0.29, 0.717) is 6.42 Å². The lowest BCUT2D eigenvalue weighted by atomic mass is 9.45. The lowest BCUT2D eigenvalue weighted by Gasteiger charge is -2.42. The summed E-state index contributed by atoms with van der Waals surface area (Å²) in [4.78, 5) is 0. The molecule has 6 heteroatoms. The Hall–Kier alpha value is -1.82. The molecule has 0 unspecified atom stereocenters. The zero-order valence-corrected chi connectivity index (χ0v) is 13.9. The third-order valence-corrected chi connectivity index (χ3v) is 5.18. The number of fused-ring (bicyclic) bond motifs is 1. The van der Waals surface area contributed by atoms with Gasteiger partial charge in [-0.25, -0.2) is 0 Å². The molecular weight excluding hydrogens is 314 g/mol. The second-order valence-corrected chi connectivity index (χ2v) is 6.46. The van der Waals surface area contributed by atoms with Crippen LogP contribution in [0, 0.1) is 0 Å². The van der Waals surface area contributed by atoms with Crippen molar-refractivity contribution < 1.29 is 22.3 Å². The Labute approximate surface area is 140 Å². The first-order chi connectivity index (χ1) is 11.4. The first kappa shape index (κ1) is 17.0. The van der Waals surface area contributed by atoms with Crippen LogP contribution in [0.1, 0.15) is 36.8 Å². The van der Waals surface area contributed by atoms with Gasteiger partial charge in [-0.05, 0) is 23.8 Å². The monoisotopic (exact) mass is 335 g/mol. The summed E-state index contributed by atoms with van der Waals surface area (Å²) < 4.78 is 47.0. The highest BCUT2D eigenvalue weighted by Crippen LogP contribution is 2.34. The van der Waals surface area contributed by atoms with Crippen LogP contribution in [0.4, 0.5) is 13.2 Å². The Morgan fingerprint density at radius 2 is 1.75 bits per heavy atom. The molecule has 1 aliphatic heterocycles. The summed E-state index contributed by atoms with van der Waals surface area (Å²) in [5, 5.41) is 0. The maximum atomic E-state index is 12.8. The van der Waals surface area contributed by atoms with Gasteiger partial charge in [-0.3, -0.25) is 0 Å². The molecule has 1 aromatic carbocycles. The van der Waals surface area contributed by atoms with Gasteiger partial charge in [0.15, 0.2) is 0 Å². The van der Waals surface area contributed by atoms with E-state index in [1.165, 1.54) is 12.1 Å². The minimum absolute atomic E-state index is 0.213. The molecular formula is C18H21BF3NO. The van der Waals surface area contributed by atoms with Gasteiger partial charge in [-0.1, -0.05) is 44.7 Å². The first-order valence-electron chi connectivity index (χ1n) is 8.42. The topological polar surface area (TPSA) is 13.1 Å². The smallest absolute Gasteiger partial charge is 0.416 e. The predicted octanol–water partition coefficient (Wildman–Crippen LogP) is 4.64. The fraction of sp³-hybridized carbons (Fsp3) is 0.389. The van der Waals surface area contributed by atoms with Crippen molar-refractivity contribution in [2.75, 3.05) is 0 Å². The van der Waals surface area contributed by atoms with Gasteiger partial charge in [0.25, 0.3) is 0 Å². The number of aromatic nitrogens is 1. The summed E-state index contributed by atoms with van der Waals surface area (Å²) >= 11 is 0. The van der Waals surface area contributed by atoms with E-state index >= 15 is 0 Å². The van der Waals surface area contributed by atoms with Gasteiger partial charge in [-0.15, -0.1) is 0 Å². The Balaban J connectivity index is 1.96. The lowest BCUT2D eigenvalue weighted by Crippen LogP contribution is -2.70. The van der Waals surface area contributed by atoms with Crippen molar-refractivity contribution in [1.82, 2.24) is 0 Å². The molecule has 1 atom stereocenters. The fourth-order valence-corrected chi connectivity index (χ4v) is 3.69. The summed E-state index contributed by atoms with van der Waals surface area (Å²) in [5.41, 5.74) is 1.34. The van der Waals surface area contributed by atoms with Gasteiger partial charge in [0.05, 0.1) is 18.1 Å². The van der Waals surface area contributed by atoms with Crippen LogP contribution >= 0.6 is 0 Å². The first-order valence-corrected chi connectivity index (χ1v) is 8.42. The Morgan fingerprint density at radius 3 is 2.33 bits per heavy atom. The van der Waals surface area contributed by atoms with Gasteiger partial charge >= 0.3 is 12.7 Å². The molecule has 1 aromatic heterocycles. The molecule has 0 aliphatic carbocycles. The minimum atomic E-state index is -4.31. The highest BCUT2D eigenvalue weighted by Gasteiger charge is 2.43. The third-order valence-electron chi connectivity index (χ3n) is 5.18. The van der Waals surface area contributed by atoms with Crippen molar-refractivity contribution in [3.8, 4) is 0 Å². The van der Waals surface area contributed by atoms with E-state index < -0.39 is 18.2 Å². The van der Waals surface area contributed by atoms with Crippen LogP contribution in [0.3, 0.4) is 0 Å². The van der Waals surface area contributed by atoms with E-state index in [4.69, 9.17) is 4.65 Å². The fourth-order valence-electron chi connectivity index (χ4n) is 3.69. The molecule has 0 bridgehead atoms. The number of nitrogens with zero attached hydrogens (tertiary/aromatic N) is 1. The molecule has 2 aromatic rings. The number of hydrogen-bond donors (Lipinski definition) is 0. The third kappa shape index (κ3) is 2.95. The molecule has 128 valence electrons. The quantitative estimate of drug-likeness (QED) is 0.745. The molecule has 0 saturated carbocycles. The number of alkyl halides is 3. The molecule has 0 N–H and O–H groups in total. The van der Waals surface area contributed by atoms with Crippen molar-refractivity contribution in [3.05, 3.63) is 65.5 Å². The van der Waals surface area contributed by atoms with Gasteiger partial charge < -0.3 is 9.13 Å². The molecule has 0 fully saturated rings. The zero-order chi connectivity index (χ0) is 17.4. The van der Waals surface area contributed by atoms with Gasteiger partial charge in [-0.2, -0.15) is 13.2 Å². The molecule has 3 rings (SSSR count). The number of halogens is 3. The van der Waals surface area contributed by atoms with Gasteiger partial charge in [0, 0.05) is 6.07 Å². The maximum Gasteiger partial charge on any atom is 0.416 e. The van der Waals surface area contributed by atoms with Crippen LogP contribution < -0.4 is 4.48 Å². The van der Waals surface area contributed by atoms with Gasteiger partial charge in [0.1, 0.15) is 11.9 Å². The SMILES string of the molecule is CC[B-]1(CC)O[C@@H](c2ccc(C(F)(F)F)cc2)Cc2cccc[n+]21. The minimum Gasteiger partial charge on any atom is -0.526 e. The van der Waals surface area contributed by atoms with Gasteiger partial charge in [0.2, 0.25) is 0 Å². The number of pyridine rings is 1. The number of benzene rings is 1. The molecule has 0 amide bonds. The summed E-state index contributed by atoms with van der Waals surface area (Å²) in [7, 11) is 0. The molecule has 1 aliphatic rings. The van der Waals surface area contributed by atoms with Crippen LogP contribution in [0.2, 0.25) is 12.6 Å². The zero-order valence-electron chi connectivity index (χ0n) is 13.9. The van der Waals surface area contributed by atoms with Crippen molar-refractivity contribution in [2.45, 2.75) is 45.2 Å². The Morgan fingerprint density at radius 1 is 1.08 bits per heavy atom. The molecule has 2 nitrogen and oxygen atoms in total. The van der Waals surface area contributed by atoms with E-state index in [2.05, 4.69) is 24.4 Å². The Bertz CT molecular complexity index is 711. The standard InChI is InChI=1S/C18H21BF3NO/c1-3-19(4-2)23-12-6-5-7-16(23)13-17(24-19)14-8-10-15(11-9-14)18(20,21)22/h5-12,17H,3-4,13H2,1-2H3/t17-/m1/s1. The average molecular weight is 335 g/mol. The van der Waals surface area contributed by atoms with Crippen molar-refractivity contribution in [1.29, 1.82) is 0 Å². The molecule has 0 spiro atoms. The van der Waals surface area contributed by atoms with Crippen molar-refractivity contribution >= 4 is 6.48 Å². The second-order valence-electron chi connectivity index (χ2n) is 6.46. The van der Waals surface area contributed by atoms with Crippen LogP contribution in [0.15, 0.2) is 48.7 Å². The highest BCUT2D eigenvalue weighted by molar-refractivity contribution is 6.65. The molecule has 24 heavy (non-hydrogen) atoms. The van der Waals surface area contributed by atoms with E-state index in [9.17, 15) is 13.2 Å². The number of rotatable bonds is 3. The molecule has 2 heterocycles. The second kappa shape index (κ2) is 6.24. The highest BCUT2D eigenvalue weighted by atomic mass is 19.4. The van der Waals surface area contributed by atoms with Crippen LogP contribution in [0.5, 0.6) is 0 Å². The van der Waals surface area contributed by atoms with E-state index in [1.54, 1.807) is 0 Å². The van der Waals surface area contributed by atoms with Crippen molar-refractivity contribution in [2.24, 2.45) is 0 Å². The summed E-state index contributed by atoms with van der Waals surface area (Å²) in [6, 6.07) is 11.4. The number of hydrogen-bond acceptors (Lipinski definition) is 1. The predicted molar refractivity (Wildman–Crippen MR) is 87.7 cm³/mol. The largest absolute Gasteiger partial charge is 0.526 e. The average Bonchev–Trinajstić information content (AvgIpc) is 2.60. The Kier molecular flexibility index (Phi) is 4.43. The van der Waals surface area contributed by atoms with E-state index in [-0.39, 0.29) is 6.10 Å². The summed E-state index contributed by atoms with van der Waals surface area (Å²) in [6.07, 6.45) is -0.102. The summed E-state index contributed by atoms with van der Waals surface area (Å²) in [5.74, 6) is 0. The normalized spacial score (nSPS) is 19.8. The van der Waals surface area contributed by atoms with Crippen LogP contribution in [-0.4, -0.2) is 6.48 Å². The lowest BCUT2D eigenvalue weighted by molar-refractivity contribution is -0.581. The van der Waals surface area contributed by atoms with E-state index in [0.717, 1.165) is 36.0 Å². The summed E-state index contributed by atoms with van der Waals surface area (Å²) in [6.45, 7) is 2.98. The molecule has 0 saturated heterocycles. The van der Waals surface area contributed by atoms with Crippen LogP contribution in [0.25, 0.3) is 0 Å². The van der Waals surface area contributed by atoms with Crippen molar-refractivity contribution in [3.63, 3.8) is 0 Å².